The Hall–Kier alpha value is -2.57. The van der Waals surface area contributed by atoms with Gasteiger partial charge in [-0.1, -0.05) is 0 Å². The van der Waals surface area contributed by atoms with Gasteiger partial charge < -0.3 is 5.73 Å². The quantitative estimate of drug-likeness (QED) is 0.758. The molecule has 0 unspecified atom stereocenters. The van der Waals surface area contributed by atoms with Crippen molar-refractivity contribution in [1.82, 2.24) is 14.9 Å². The standard InChI is InChI=1S/C11H11N5O2/c12-9-5-7-1-2-8(6-16(7)14-9)15-4-3-10(17)13-11(15)18/h1-2,5-6H,3-4H2,(H2,12,14)(H,13,17,18). The first-order valence-electron chi connectivity index (χ1n) is 5.50. The zero-order valence-corrected chi connectivity index (χ0v) is 9.46. The number of urea groups is 1. The van der Waals surface area contributed by atoms with Gasteiger partial charge in [0.25, 0.3) is 0 Å². The van der Waals surface area contributed by atoms with Gasteiger partial charge >= 0.3 is 6.03 Å². The van der Waals surface area contributed by atoms with Crippen LogP contribution in [0.25, 0.3) is 5.52 Å². The number of nitrogens with two attached hydrogens (primary N) is 1. The number of anilines is 2. The van der Waals surface area contributed by atoms with Crippen LogP contribution in [0.1, 0.15) is 6.42 Å². The molecule has 2 aromatic heterocycles. The summed E-state index contributed by atoms with van der Waals surface area (Å²) in [5.74, 6) is 0.172. The Morgan fingerprint density at radius 3 is 2.94 bits per heavy atom. The molecule has 7 heteroatoms. The first-order chi connectivity index (χ1) is 8.63. The van der Waals surface area contributed by atoms with Crippen molar-refractivity contribution in [3.8, 4) is 0 Å². The van der Waals surface area contributed by atoms with Gasteiger partial charge in [0.1, 0.15) is 5.82 Å². The molecular formula is C11H11N5O2. The van der Waals surface area contributed by atoms with Crippen molar-refractivity contribution in [1.29, 1.82) is 0 Å². The molecule has 0 spiro atoms. The van der Waals surface area contributed by atoms with E-state index in [0.29, 0.717) is 24.5 Å². The lowest BCUT2D eigenvalue weighted by Crippen LogP contribution is -2.49. The van der Waals surface area contributed by atoms with Gasteiger partial charge in [0, 0.05) is 19.0 Å². The predicted octanol–water partition coefficient (Wildman–Crippen LogP) is 0.363. The van der Waals surface area contributed by atoms with E-state index in [0.717, 1.165) is 5.52 Å². The second-order valence-corrected chi connectivity index (χ2v) is 4.08. The van der Waals surface area contributed by atoms with Gasteiger partial charge in [-0.15, -0.1) is 0 Å². The number of fused-ring (bicyclic) bond motifs is 1. The molecule has 0 bridgehead atoms. The Kier molecular flexibility index (Phi) is 2.19. The van der Waals surface area contributed by atoms with Gasteiger partial charge in [-0.25, -0.2) is 9.31 Å². The lowest BCUT2D eigenvalue weighted by molar-refractivity contribution is -0.120. The zero-order chi connectivity index (χ0) is 12.7. The number of amides is 3. The summed E-state index contributed by atoms with van der Waals surface area (Å²) in [5, 5.41) is 6.35. The number of nitrogen functional groups attached to an aromatic ring is 1. The highest BCUT2D eigenvalue weighted by Crippen LogP contribution is 2.19. The molecular weight excluding hydrogens is 234 g/mol. The van der Waals surface area contributed by atoms with Crippen molar-refractivity contribution < 1.29 is 9.59 Å². The fourth-order valence-corrected chi connectivity index (χ4v) is 1.97. The summed E-state index contributed by atoms with van der Waals surface area (Å²) in [5.41, 5.74) is 7.12. The van der Waals surface area contributed by atoms with E-state index in [4.69, 9.17) is 5.73 Å². The minimum atomic E-state index is -0.411. The summed E-state index contributed by atoms with van der Waals surface area (Å²) in [7, 11) is 0. The number of nitrogens with zero attached hydrogens (tertiary/aromatic N) is 3. The maximum Gasteiger partial charge on any atom is 0.328 e. The lowest BCUT2D eigenvalue weighted by Gasteiger charge is -2.26. The fourth-order valence-electron chi connectivity index (χ4n) is 1.97. The van der Waals surface area contributed by atoms with E-state index in [1.165, 1.54) is 4.90 Å². The molecule has 0 radical (unpaired) electrons. The summed E-state index contributed by atoms with van der Waals surface area (Å²) in [6, 6.07) is 4.95. The van der Waals surface area contributed by atoms with E-state index in [2.05, 4.69) is 10.4 Å². The topological polar surface area (TPSA) is 92.7 Å². The highest BCUT2D eigenvalue weighted by atomic mass is 16.2. The average Bonchev–Trinajstić information content (AvgIpc) is 2.68. The normalized spacial score (nSPS) is 16.1. The molecule has 1 aliphatic heterocycles. The van der Waals surface area contributed by atoms with Crippen LogP contribution in [0.15, 0.2) is 24.4 Å². The Bertz CT molecular complexity index is 648. The Morgan fingerprint density at radius 2 is 2.17 bits per heavy atom. The largest absolute Gasteiger partial charge is 0.382 e. The molecule has 1 saturated heterocycles. The van der Waals surface area contributed by atoms with Crippen molar-refractivity contribution in [3.05, 3.63) is 24.4 Å². The summed E-state index contributed by atoms with van der Waals surface area (Å²) >= 11 is 0. The van der Waals surface area contributed by atoms with Gasteiger partial charge in [0.2, 0.25) is 5.91 Å². The number of hydrogen-bond donors (Lipinski definition) is 2. The number of imide groups is 1. The molecule has 3 amide bonds. The number of pyridine rings is 1. The molecule has 0 saturated carbocycles. The van der Waals surface area contributed by atoms with Crippen LogP contribution in [0.4, 0.5) is 16.3 Å². The molecule has 3 heterocycles. The molecule has 3 N–H and O–H groups in total. The summed E-state index contributed by atoms with van der Waals surface area (Å²) < 4.78 is 1.61. The molecule has 1 fully saturated rings. The highest BCUT2D eigenvalue weighted by molar-refractivity contribution is 6.05. The van der Waals surface area contributed by atoms with Crippen LogP contribution in [0.2, 0.25) is 0 Å². The molecule has 0 atom stereocenters. The second-order valence-electron chi connectivity index (χ2n) is 4.08. The number of rotatable bonds is 1. The van der Waals surface area contributed by atoms with Crippen molar-refractivity contribution in [2.75, 3.05) is 17.2 Å². The van der Waals surface area contributed by atoms with E-state index in [1.807, 2.05) is 6.07 Å². The molecule has 0 aromatic carbocycles. The second kappa shape index (κ2) is 3.73. The average molecular weight is 245 g/mol. The molecule has 3 rings (SSSR count). The third-order valence-electron chi connectivity index (χ3n) is 2.83. The van der Waals surface area contributed by atoms with E-state index in [-0.39, 0.29) is 5.91 Å². The molecule has 7 nitrogen and oxygen atoms in total. The number of hydrogen-bond acceptors (Lipinski definition) is 4. The number of aromatic nitrogens is 2. The van der Waals surface area contributed by atoms with Crippen molar-refractivity contribution >= 4 is 29.0 Å². The zero-order valence-electron chi connectivity index (χ0n) is 9.46. The van der Waals surface area contributed by atoms with Gasteiger partial charge in [0.15, 0.2) is 0 Å². The summed E-state index contributed by atoms with van der Waals surface area (Å²) in [4.78, 5) is 24.3. The Balaban J connectivity index is 1.98. The SMILES string of the molecule is Nc1cc2ccc(N3CCC(=O)NC3=O)cn2n1. The summed E-state index contributed by atoms with van der Waals surface area (Å²) in [6.45, 7) is 0.368. The van der Waals surface area contributed by atoms with E-state index in [1.54, 1.807) is 22.8 Å². The molecule has 1 aliphatic rings. The summed E-state index contributed by atoms with van der Waals surface area (Å²) in [6.07, 6.45) is 2.01. The Morgan fingerprint density at radius 1 is 1.33 bits per heavy atom. The fraction of sp³-hybridized carbons (Fsp3) is 0.182. The smallest absolute Gasteiger partial charge is 0.328 e. The van der Waals surface area contributed by atoms with Crippen molar-refractivity contribution in [2.45, 2.75) is 6.42 Å². The lowest BCUT2D eigenvalue weighted by atomic mass is 10.2. The van der Waals surface area contributed by atoms with Crippen LogP contribution in [0.5, 0.6) is 0 Å². The predicted molar refractivity (Wildman–Crippen MR) is 65.1 cm³/mol. The van der Waals surface area contributed by atoms with Crippen LogP contribution < -0.4 is 16.0 Å². The van der Waals surface area contributed by atoms with Crippen LogP contribution in [0, 0.1) is 0 Å². The maximum absolute atomic E-state index is 11.7. The minimum absolute atomic E-state index is 0.249. The van der Waals surface area contributed by atoms with Crippen LogP contribution >= 0.6 is 0 Å². The molecule has 0 aliphatic carbocycles. The molecule has 92 valence electrons. The number of nitrogens with one attached hydrogen (secondary N) is 1. The Labute approximate surface area is 102 Å². The van der Waals surface area contributed by atoms with Crippen LogP contribution in [0.3, 0.4) is 0 Å². The van der Waals surface area contributed by atoms with Gasteiger partial charge in [-0.3, -0.25) is 15.0 Å². The number of carbonyl (C=O) groups is 2. The first-order valence-corrected chi connectivity index (χ1v) is 5.50. The van der Waals surface area contributed by atoms with Crippen molar-refractivity contribution in [3.63, 3.8) is 0 Å². The first kappa shape index (κ1) is 10.6. The van der Waals surface area contributed by atoms with Gasteiger partial charge in [0.05, 0.1) is 17.4 Å². The van der Waals surface area contributed by atoms with Gasteiger partial charge in [-0.2, -0.15) is 5.10 Å². The third kappa shape index (κ3) is 1.65. The number of carbonyl (C=O) groups excluding carboxylic acids is 2. The molecule has 2 aromatic rings. The van der Waals surface area contributed by atoms with Crippen LogP contribution in [-0.2, 0) is 4.79 Å². The van der Waals surface area contributed by atoms with E-state index < -0.39 is 6.03 Å². The highest BCUT2D eigenvalue weighted by Gasteiger charge is 2.24. The molecule has 18 heavy (non-hydrogen) atoms. The maximum atomic E-state index is 11.7. The van der Waals surface area contributed by atoms with E-state index in [9.17, 15) is 9.59 Å². The van der Waals surface area contributed by atoms with Gasteiger partial charge in [-0.05, 0) is 12.1 Å². The van der Waals surface area contributed by atoms with E-state index >= 15 is 0 Å². The monoisotopic (exact) mass is 245 g/mol. The van der Waals surface area contributed by atoms with Crippen molar-refractivity contribution in [2.24, 2.45) is 0 Å². The third-order valence-corrected chi connectivity index (χ3v) is 2.83. The minimum Gasteiger partial charge on any atom is -0.382 e. The van der Waals surface area contributed by atoms with Crippen LogP contribution in [-0.4, -0.2) is 28.1 Å².